The van der Waals surface area contributed by atoms with Gasteiger partial charge in [0, 0.05) is 31.5 Å². The first-order valence-electron chi connectivity index (χ1n) is 7.70. The zero-order chi connectivity index (χ0) is 17.8. The summed E-state index contributed by atoms with van der Waals surface area (Å²) in [4.78, 5) is 30.4. The lowest BCUT2D eigenvalue weighted by molar-refractivity contribution is -0.116. The van der Waals surface area contributed by atoms with E-state index in [1.165, 1.54) is 23.2 Å². The molecule has 3 aromatic rings. The van der Waals surface area contributed by atoms with E-state index in [-0.39, 0.29) is 18.0 Å². The third-order valence-corrected chi connectivity index (χ3v) is 3.63. The van der Waals surface area contributed by atoms with Gasteiger partial charge in [0.2, 0.25) is 5.91 Å². The molecule has 0 aliphatic rings. The van der Waals surface area contributed by atoms with Crippen molar-refractivity contribution in [3.8, 4) is 11.5 Å². The monoisotopic (exact) mass is 338 g/mol. The third kappa shape index (κ3) is 3.95. The molecule has 0 fully saturated rings. The fraction of sp³-hybridized carbons (Fsp3) is 0.167. The summed E-state index contributed by atoms with van der Waals surface area (Å²) in [6.07, 6.45) is 2.85. The molecule has 1 aromatic carbocycles. The number of carbonyl (C=O) groups is 1. The molecule has 0 spiro atoms. The fourth-order valence-electron chi connectivity index (χ4n) is 2.30. The number of carbonyl (C=O) groups excluding carboxylic acids is 1. The van der Waals surface area contributed by atoms with E-state index in [0.717, 1.165) is 5.69 Å². The standard InChI is InChI=1S/C18H18N4O3/c1-21(2)14-7-5-13(6-8-14)20-17(23)11-22-12-19-15(10-18(22)24)16-4-3-9-25-16/h3-10,12H,11H2,1-2H3,(H,20,23). The lowest BCUT2D eigenvalue weighted by Crippen LogP contribution is -2.27. The van der Waals surface area contributed by atoms with Crippen LogP contribution in [-0.2, 0) is 11.3 Å². The van der Waals surface area contributed by atoms with E-state index < -0.39 is 0 Å². The van der Waals surface area contributed by atoms with Gasteiger partial charge in [-0.3, -0.25) is 14.2 Å². The van der Waals surface area contributed by atoms with Crippen LogP contribution in [0.4, 0.5) is 11.4 Å². The van der Waals surface area contributed by atoms with Crippen molar-refractivity contribution < 1.29 is 9.21 Å². The van der Waals surface area contributed by atoms with Gasteiger partial charge in [-0.1, -0.05) is 0 Å². The summed E-state index contributed by atoms with van der Waals surface area (Å²) < 4.78 is 6.45. The Bertz CT molecular complexity index is 912. The molecule has 128 valence electrons. The van der Waals surface area contributed by atoms with Gasteiger partial charge < -0.3 is 14.6 Å². The molecule has 0 aliphatic carbocycles. The highest BCUT2D eigenvalue weighted by Gasteiger charge is 2.09. The minimum atomic E-state index is -0.320. The van der Waals surface area contributed by atoms with E-state index in [4.69, 9.17) is 4.42 Å². The molecule has 1 amide bonds. The molecule has 0 atom stereocenters. The van der Waals surface area contributed by atoms with Crippen LogP contribution in [0.5, 0.6) is 0 Å². The molecule has 0 aliphatic heterocycles. The van der Waals surface area contributed by atoms with E-state index in [2.05, 4.69) is 10.3 Å². The topological polar surface area (TPSA) is 80.4 Å². The molecule has 1 N–H and O–H groups in total. The van der Waals surface area contributed by atoms with Crippen LogP contribution >= 0.6 is 0 Å². The summed E-state index contributed by atoms with van der Waals surface area (Å²) in [7, 11) is 3.89. The van der Waals surface area contributed by atoms with Crippen LogP contribution in [0.1, 0.15) is 0 Å². The minimum absolute atomic E-state index is 0.111. The second-order valence-electron chi connectivity index (χ2n) is 5.71. The van der Waals surface area contributed by atoms with Gasteiger partial charge in [0.15, 0.2) is 5.76 Å². The van der Waals surface area contributed by atoms with Gasteiger partial charge >= 0.3 is 0 Å². The van der Waals surface area contributed by atoms with Gasteiger partial charge in [0.05, 0.1) is 12.6 Å². The Balaban J connectivity index is 1.67. The fourth-order valence-corrected chi connectivity index (χ4v) is 2.30. The molecule has 0 bridgehead atoms. The average molecular weight is 338 g/mol. The predicted molar refractivity (Wildman–Crippen MR) is 95.6 cm³/mol. The van der Waals surface area contributed by atoms with Crippen LogP contribution in [0.25, 0.3) is 11.5 Å². The van der Waals surface area contributed by atoms with Crippen LogP contribution in [0.15, 0.2) is 64.3 Å². The second kappa shape index (κ2) is 7.04. The Hall–Kier alpha value is -3.35. The van der Waals surface area contributed by atoms with E-state index in [1.54, 1.807) is 12.1 Å². The Morgan fingerprint density at radius 3 is 2.60 bits per heavy atom. The summed E-state index contributed by atoms with van der Waals surface area (Å²) in [5.41, 5.74) is 1.82. The van der Waals surface area contributed by atoms with Gasteiger partial charge in [-0.25, -0.2) is 4.98 Å². The number of aromatic nitrogens is 2. The first kappa shape index (κ1) is 16.5. The van der Waals surface area contributed by atoms with E-state index in [9.17, 15) is 9.59 Å². The van der Waals surface area contributed by atoms with Crippen molar-refractivity contribution in [1.29, 1.82) is 0 Å². The Kier molecular flexibility index (Phi) is 4.65. The van der Waals surface area contributed by atoms with E-state index >= 15 is 0 Å². The maximum Gasteiger partial charge on any atom is 0.254 e. The molecule has 2 aromatic heterocycles. The molecule has 3 rings (SSSR count). The molecular weight excluding hydrogens is 320 g/mol. The van der Waals surface area contributed by atoms with Crippen molar-refractivity contribution in [2.24, 2.45) is 0 Å². The zero-order valence-corrected chi connectivity index (χ0v) is 14.0. The summed E-state index contributed by atoms with van der Waals surface area (Å²) in [6, 6.07) is 12.2. The van der Waals surface area contributed by atoms with Crippen LogP contribution < -0.4 is 15.8 Å². The molecule has 7 heteroatoms. The highest BCUT2D eigenvalue weighted by atomic mass is 16.3. The van der Waals surface area contributed by atoms with Crippen LogP contribution in [0.2, 0.25) is 0 Å². The smallest absolute Gasteiger partial charge is 0.254 e. The quantitative estimate of drug-likeness (QED) is 0.771. The largest absolute Gasteiger partial charge is 0.463 e. The lowest BCUT2D eigenvalue weighted by Gasteiger charge is -2.13. The molecule has 7 nitrogen and oxygen atoms in total. The lowest BCUT2D eigenvalue weighted by atomic mass is 10.2. The number of anilines is 2. The second-order valence-corrected chi connectivity index (χ2v) is 5.71. The van der Waals surface area contributed by atoms with Crippen LogP contribution in [-0.4, -0.2) is 29.6 Å². The van der Waals surface area contributed by atoms with E-state index in [0.29, 0.717) is 17.1 Å². The number of furan rings is 1. The number of nitrogens with zero attached hydrogens (tertiary/aromatic N) is 3. The molecule has 0 saturated heterocycles. The molecule has 0 radical (unpaired) electrons. The summed E-state index contributed by atoms with van der Waals surface area (Å²) >= 11 is 0. The summed E-state index contributed by atoms with van der Waals surface area (Å²) in [6.45, 7) is -0.111. The predicted octanol–water partition coefficient (Wildman–Crippen LogP) is 2.21. The van der Waals surface area contributed by atoms with Crippen molar-refractivity contribution >= 4 is 17.3 Å². The minimum Gasteiger partial charge on any atom is -0.463 e. The number of benzene rings is 1. The van der Waals surface area contributed by atoms with Gasteiger partial charge in [0.1, 0.15) is 12.2 Å². The maximum atomic E-state index is 12.1. The first-order chi connectivity index (χ1) is 12.0. The number of hydrogen-bond donors (Lipinski definition) is 1. The third-order valence-electron chi connectivity index (χ3n) is 3.63. The number of hydrogen-bond acceptors (Lipinski definition) is 5. The Morgan fingerprint density at radius 1 is 1.24 bits per heavy atom. The van der Waals surface area contributed by atoms with Gasteiger partial charge in [-0.15, -0.1) is 0 Å². The molecule has 0 saturated carbocycles. The Labute approximate surface area is 144 Å². The van der Waals surface area contributed by atoms with Crippen molar-refractivity contribution in [2.45, 2.75) is 6.54 Å². The van der Waals surface area contributed by atoms with Crippen molar-refractivity contribution in [1.82, 2.24) is 9.55 Å². The molecule has 25 heavy (non-hydrogen) atoms. The number of rotatable bonds is 5. The zero-order valence-electron chi connectivity index (χ0n) is 14.0. The summed E-state index contributed by atoms with van der Waals surface area (Å²) in [5, 5.41) is 2.76. The van der Waals surface area contributed by atoms with E-state index in [1.807, 2.05) is 43.3 Å². The van der Waals surface area contributed by atoms with Crippen LogP contribution in [0.3, 0.4) is 0 Å². The number of nitrogens with one attached hydrogen (secondary N) is 1. The summed E-state index contributed by atoms with van der Waals surface area (Å²) in [5.74, 6) is 0.210. The van der Waals surface area contributed by atoms with Crippen molar-refractivity contribution in [2.75, 3.05) is 24.3 Å². The molecule has 2 heterocycles. The normalized spacial score (nSPS) is 10.5. The SMILES string of the molecule is CN(C)c1ccc(NC(=O)Cn2cnc(-c3ccco3)cc2=O)cc1. The first-order valence-corrected chi connectivity index (χ1v) is 7.70. The highest BCUT2D eigenvalue weighted by Crippen LogP contribution is 2.16. The van der Waals surface area contributed by atoms with Crippen molar-refractivity contribution in [3.05, 3.63) is 65.4 Å². The number of amides is 1. The Morgan fingerprint density at radius 2 is 2.00 bits per heavy atom. The van der Waals surface area contributed by atoms with Gasteiger partial charge in [-0.05, 0) is 36.4 Å². The molecule has 0 unspecified atom stereocenters. The van der Waals surface area contributed by atoms with Crippen LogP contribution in [0, 0.1) is 0 Å². The molecular formula is C18H18N4O3. The maximum absolute atomic E-state index is 12.1. The highest BCUT2D eigenvalue weighted by molar-refractivity contribution is 5.90. The van der Waals surface area contributed by atoms with Crippen molar-refractivity contribution in [3.63, 3.8) is 0 Å². The average Bonchev–Trinajstić information content (AvgIpc) is 3.11. The van der Waals surface area contributed by atoms with Gasteiger partial charge in [0.25, 0.3) is 5.56 Å². The van der Waals surface area contributed by atoms with Gasteiger partial charge in [-0.2, -0.15) is 0 Å².